The van der Waals surface area contributed by atoms with Crippen LogP contribution >= 0.6 is 0 Å². The van der Waals surface area contributed by atoms with Crippen LogP contribution in [0, 0.1) is 0 Å². The number of imidazole rings is 1. The van der Waals surface area contributed by atoms with Gasteiger partial charge in [-0.25, -0.2) is 4.98 Å². The maximum absolute atomic E-state index is 12.0. The van der Waals surface area contributed by atoms with E-state index < -0.39 is 5.41 Å². The summed E-state index contributed by atoms with van der Waals surface area (Å²) in [5, 5.41) is 10.5. The molecule has 1 aliphatic rings. The molecule has 1 aromatic carbocycles. The van der Waals surface area contributed by atoms with Gasteiger partial charge in [-0.1, -0.05) is 0 Å². The van der Waals surface area contributed by atoms with Crippen molar-refractivity contribution in [1.82, 2.24) is 20.2 Å². The zero-order valence-corrected chi connectivity index (χ0v) is 11.6. The first kappa shape index (κ1) is 12.0. The minimum atomic E-state index is -0.521. The lowest BCUT2D eigenvalue weighted by atomic mass is 9.86. The van der Waals surface area contributed by atoms with Crippen LogP contribution in [0.15, 0.2) is 30.6 Å². The molecule has 21 heavy (non-hydrogen) atoms. The number of benzene rings is 1. The summed E-state index contributed by atoms with van der Waals surface area (Å²) < 4.78 is 0. The molecule has 3 heterocycles. The number of rotatable bonds is 1. The Balaban J connectivity index is 1.90. The number of nitrogens with zero attached hydrogens (tertiary/aromatic N) is 3. The Labute approximate surface area is 120 Å². The smallest absolute Gasteiger partial charge is 0.234 e. The molecule has 0 spiro atoms. The molecule has 104 valence electrons. The van der Waals surface area contributed by atoms with E-state index in [4.69, 9.17) is 0 Å². The lowest BCUT2D eigenvalue weighted by Crippen LogP contribution is -2.26. The number of fused-ring (bicyclic) bond motifs is 2. The minimum absolute atomic E-state index is 0.0173. The number of carbonyl (C=O) groups is 1. The van der Waals surface area contributed by atoms with E-state index in [9.17, 15) is 4.79 Å². The van der Waals surface area contributed by atoms with Crippen LogP contribution in [0.4, 0.5) is 5.69 Å². The Hall–Kier alpha value is -2.76. The summed E-state index contributed by atoms with van der Waals surface area (Å²) >= 11 is 0. The molecule has 2 N–H and O–H groups in total. The summed E-state index contributed by atoms with van der Waals surface area (Å²) in [5.41, 5.74) is 3.91. The Morgan fingerprint density at radius 3 is 2.81 bits per heavy atom. The molecule has 0 radical (unpaired) electrons. The predicted octanol–water partition coefficient (Wildman–Crippen LogP) is 2.25. The average Bonchev–Trinajstić information content (AvgIpc) is 2.98. The molecule has 0 fully saturated rings. The number of amides is 1. The van der Waals surface area contributed by atoms with Crippen molar-refractivity contribution in [3.05, 3.63) is 36.2 Å². The summed E-state index contributed by atoms with van der Waals surface area (Å²) in [7, 11) is 0. The highest BCUT2D eigenvalue weighted by Gasteiger charge is 2.38. The van der Waals surface area contributed by atoms with Gasteiger partial charge in [-0.05, 0) is 37.6 Å². The van der Waals surface area contributed by atoms with Gasteiger partial charge < -0.3 is 10.3 Å². The summed E-state index contributed by atoms with van der Waals surface area (Å²) in [6, 6.07) is 5.75. The molecule has 4 rings (SSSR count). The van der Waals surface area contributed by atoms with Crippen LogP contribution in [0.5, 0.6) is 0 Å². The van der Waals surface area contributed by atoms with Crippen molar-refractivity contribution >= 4 is 22.6 Å². The van der Waals surface area contributed by atoms with E-state index in [2.05, 4.69) is 25.5 Å². The second-order valence-corrected chi connectivity index (χ2v) is 5.71. The highest BCUT2D eigenvalue weighted by Crippen LogP contribution is 2.39. The summed E-state index contributed by atoms with van der Waals surface area (Å²) in [5.74, 6) is 0.761. The third kappa shape index (κ3) is 1.65. The van der Waals surface area contributed by atoms with Crippen LogP contribution in [-0.2, 0) is 10.2 Å². The number of nitrogens with one attached hydrogen (secondary N) is 2. The standard InChI is InChI=1S/C15H13N5O/c1-15(2)9-5-11-12(6-10(9)20-14(15)21)19-13(18-11)8-3-4-16-17-7-8/h3-7H,1-2H3,(H,18,19)(H,20,21). The number of hydrogen-bond acceptors (Lipinski definition) is 4. The van der Waals surface area contributed by atoms with Gasteiger partial charge in [0, 0.05) is 11.3 Å². The van der Waals surface area contributed by atoms with Crippen LogP contribution in [0.25, 0.3) is 22.4 Å². The Morgan fingerprint density at radius 2 is 2.05 bits per heavy atom. The minimum Gasteiger partial charge on any atom is -0.338 e. The molecule has 6 nitrogen and oxygen atoms in total. The lowest BCUT2D eigenvalue weighted by molar-refractivity contribution is -0.119. The number of aromatic amines is 1. The Kier molecular flexibility index (Phi) is 2.22. The monoisotopic (exact) mass is 279 g/mol. The molecular formula is C15H13N5O. The lowest BCUT2D eigenvalue weighted by Gasteiger charge is -2.14. The van der Waals surface area contributed by atoms with Gasteiger partial charge in [0.15, 0.2) is 0 Å². The van der Waals surface area contributed by atoms with Gasteiger partial charge in [0.05, 0.1) is 28.8 Å². The fraction of sp³-hybridized carbons (Fsp3) is 0.200. The van der Waals surface area contributed by atoms with Crippen LogP contribution < -0.4 is 5.32 Å². The fourth-order valence-electron chi connectivity index (χ4n) is 2.65. The molecular weight excluding hydrogens is 266 g/mol. The van der Waals surface area contributed by atoms with Gasteiger partial charge in [0.2, 0.25) is 5.91 Å². The largest absolute Gasteiger partial charge is 0.338 e. The zero-order valence-electron chi connectivity index (χ0n) is 11.6. The molecule has 0 saturated heterocycles. The van der Waals surface area contributed by atoms with E-state index in [1.54, 1.807) is 12.4 Å². The van der Waals surface area contributed by atoms with Crippen molar-refractivity contribution in [2.75, 3.05) is 5.32 Å². The SMILES string of the molecule is CC1(C)C(=O)Nc2cc3nc(-c4ccnnc4)[nH]c3cc21. The molecule has 0 saturated carbocycles. The molecule has 0 aliphatic carbocycles. The number of aromatic nitrogens is 4. The third-order valence-corrected chi connectivity index (χ3v) is 3.97. The molecule has 3 aromatic rings. The second kappa shape index (κ2) is 3.88. The molecule has 1 amide bonds. The fourth-order valence-corrected chi connectivity index (χ4v) is 2.65. The van der Waals surface area contributed by atoms with Crippen LogP contribution in [-0.4, -0.2) is 26.1 Å². The molecule has 1 aliphatic heterocycles. The normalized spacial score (nSPS) is 16.0. The molecule has 0 atom stereocenters. The van der Waals surface area contributed by atoms with Crippen LogP contribution in [0.3, 0.4) is 0 Å². The van der Waals surface area contributed by atoms with Gasteiger partial charge in [0.1, 0.15) is 5.82 Å². The van der Waals surface area contributed by atoms with Crippen molar-refractivity contribution in [1.29, 1.82) is 0 Å². The highest BCUT2D eigenvalue weighted by atomic mass is 16.2. The Morgan fingerprint density at radius 1 is 1.19 bits per heavy atom. The van der Waals surface area contributed by atoms with Gasteiger partial charge in [-0.2, -0.15) is 10.2 Å². The van der Waals surface area contributed by atoms with Crippen LogP contribution in [0.2, 0.25) is 0 Å². The molecule has 6 heteroatoms. The van der Waals surface area contributed by atoms with E-state index in [-0.39, 0.29) is 5.91 Å². The third-order valence-electron chi connectivity index (χ3n) is 3.97. The Bertz CT molecular complexity index is 866. The number of H-pyrrole nitrogens is 1. The quantitative estimate of drug-likeness (QED) is 0.715. The van der Waals surface area contributed by atoms with E-state index >= 15 is 0 Å². The summed E-state index contributed by atoms with van der Waals surface area (Å²) in [4.78, 5) is 19.8. The van der Waals surface area contributed by atoms with Crippen molar-refractivity contribution in [3.63, 3.8) is 0 Å². The molecule has 0 bridgehead atoms. The van der Waals surface area contributed by atoms with Crippen molar-refractivity contribution < 1.29 is 4.79 Å². The van der Waals surface area contributed by atoms with E-state index in [1.807, 2.05) is 32.0 Å². The number of hydrogen-bond donors (Lipinski definition) is 2. The topological polar surface area (TPSA) is 83.6 Å². The van der Waals surface area contributed by atoms with Crippen molar-refractivity contribution in [2.24, 2.45) is 0 Å². The van der Waals surface area contributed by atoms with Gasteiger partial charge in [-0.15, -0.1) is 0 Å². The van der Waals surface area contributed by atoms with E-state index in [1.165, 1.54) is 0 Å². The van der Waals surface area contributed by atoms with E-state index in [0.29, 0.717) is 0 Å². The summed E-state index contributed by atoms with van der Waals surface area (Å²) in [6.45, 7) is 3.84. The average molecular weight is 279 g/mol. The van der Waals surface area contributed by atoms with Gasteiger partial charge >= 0.3 is 0 Å². The number of anilines is 1. The number of carbonyl (C=O) groups excluding carboxylic acids is 1. The predicted molar refractivity (Wildman–Crippen MR) is 78.8 cm³/mol. The second-order valence-electron chi connectivity index (χ2n) is 5.71. The molecule has 0 unspecified atom stereocenters. The van der Waals surface area contributed by atoms with E-state index in [0.717, 1.165) is 33.7 Å². The van der Waals surface area contributed by atoms with Crippen LogP contribution in [0.1, 0.15) is 19.4 Å². The van der Waals surface area contributed by atoms with Gasteiger partial charge in [0.25, 0.3) is 0 Å². The van der Waals surface area contributed by atoms with Crippen molar-refractivity contribution in [2.45, 2.75) is 19.3 Å². The maximum Gasteiger partial charge on any atom is 0.234 e. The summed E-state index contributed by atoms with van der Waals surface area (Å²) in [6.07, 6.45) is 3.29. The first-order valence-electron chi connectivity index (χ1n) is 6.68. The van der Waals surface area contributed by atoms with Crippen molar-refractivity contribution in [3.8, 4) is 11.4 Å². The highest BCUT2D eigenvalue weighted by molar-refractivity contribution is 6.07. The first-order valence-corrected chi connectivity index (χ1v) is 6.68. The first-order chi connectivity index (χ1) is 10.1. The zero-order chi connectivity index (χ0) is 14.6. The maximum atomic E-state index is 12.0. The molecule has 2 aromatic heterocycles. The van der Waals surface area contributed by atoms with Gasteiger partial charge in [-0.3, -0.25) is 4.79 Å².